The minimum absolute atomic E-state index is 0.172. The topological polar surface area (TPSA) is 29.1 Å². The molecule has 1 rings (SSSR count). The van der Waals surface area contributed by atoms with Gasteiger partial charge in [-0.25, -0.2) is 0 Å². The molecule has 1 aromatic heterocycles. The van der Waals surface area contributed by atoms with Crippen LogP contribution in [0.5, 0.6) is 0 Å². The molecule has 0 aliphatic heterocycles. The maximum absolute atomic E-state index is 10.6. The Hall–Kier alpha value is -0.190. The third-order valence-electron chi connectivity index (χ3n) is 1.30. The zero-order valence-corrected chi connectivity index (χ0v) is 9.17. The van der Waals surface area contributed by atoms with Gasteiger partial charge in [0.15, 0.2) is 0 Å². The lowest BCUT2D eigenvalue weighted by Gasteiger charge is -1.97. The zero-order valence-electron chi connectivity index (χ0n) is 6.76. The molecule has 0 amide bonds. The third kappa shape index (κ3) is 3.47. The fraction of sp³-hybridized carbons (Fsp3) is 0.375. The molecule has 0 radical (unpaired) electrons. The Bertz CT molecular complexity index is 272. The summed E-state index contributed by atoms with van der Waals surface area (Å²) in [5.74, 6) is 0.172. The van der Waals surface area contributed by atoms with Crippen molar-refractivity contribution in [3.05, 3.63) is 20.8 Å². The van der Waals surface area contributed by atoms with Crippen molar-refractivity contribution in [3.63, 3.8) is 0 Å². The first-order valence-electron chi connectivity index (χ1n) is 3.63. The monoisotopic (exact) mass is 247 g/mol. The number of halogens is 1. The Kier molecular flexibility index (Phi) is 3.91. The Morgan fingerprint density at radius 3 is 2.92 bits per heavy atom. The van der Waals surface area contributed by atoms with Crippen molar-refractivity contribution in [1.29, 1.82) is 0 Å². The highest BCUT2D eigenvalue weighted by atomic mass is 79.9. The third-order valence-corrected chi connectivity index (χ3v) is 2.93. The van der Waals surface area contributed by atoms with Gasteiger partial charge in [-0.3, -0.25) is 4.79 Å². The molecule has 0 spiro atoms. The number of hydrogen-bond acceptors (Lipinski definition) is 3. The van der Waals surface area contributed by atoms with Crippen molar-refractivity contribution in [2.45, 2.75) is 13.5 Å². The average molecular weight is 248 g/mol. The van der Waals surface area contributed by atoms with Crippen LogP contribution in [0, 0.1) is 0 Å². The number of carbonyl (C=O) groups is 1. The quantitative estimate of drug-likeness (QED) is 0.884. The molecule has 1 aromatic rings. The van der Waals surface area contributed by atoms with Crippen LogP contribution in [0.1, 0.15) is 11.8 Å². The summed E-state index contributed by atoms with van der Waals surface area (Å²) in [6.07, 6.45) is 0. The standard InChI is InChI=1S/C8H10BrNOS/c1-6(11)4-10-5-7-2-3-8(9)12-7/h2-3,10H,4-5H2,1H3. The van der Waals surface area contributed by atoms with Crippen LogP contribution in [0.25, 0.3) is 0 Å². The molecular formula is C8H10BrNOS. The van der Waals surface area contributed by atoms with Crippen LogP contribution < -0.4 is 5.32 Å². The van der Waals surface area contributed by atoms with Crippen molar-refractivity contribution in [1.82, 2.24) is 5.32 Å². The Morgan fingerprint density at radius 1 is 1.67 bits per heavy atom. The fourth-order valence-corrected chi connectivity index (χ4v) is 2.26. The van der Waals surface area contributed by atoms with Gasteiger partial charge in [0.25, 0.3) is 0 Å². The smallest absolute Gasteiger partial charge is 0.143 e. The second kappa shape index (κ2) is 4.74. The molecule has 0 bridgehead atoms. The number of nitrogens with one attached hydrogen (secondary N) is 1. The van der Waals surface area contributed by atoms with E-state index in [4.69, 9.17) is 0 Å². The van der Waals surface area contributed by atoms with Crippen molar-refractivity contribution in [2.24, 2.45) is 0 Å². The van der Waals surface area contributed by atoms with E-state index in [1.807, 2.05) is 12.1 Å². The van der Waals surface area contributed by atoms with Gasteiger partial charge in [0.1, 0.15) is 5.78 Å². The predicted molar refractivity (Wildman–Crippen MR) is 54.4 cm³/mol. The van der Waals surface area contributed by atoms with Crippen LogP contribution in [-0.2, 0) is 11.3 Å². The predicted octanol–water partition coefficient (Wildman–Crippen LogP) is 2.19. The molecule has 12 heavy (non-hydrogen) atoms. The Morgan fingerprint density at radius 2 is 2.42 bits per heavy atom. The maximum Gasteiger partial charge on any atom is 0.143 e. The van der Waals surface area contributed by atoms with E-state index < -0.39 is 0 Å². The highest BCUT2D eigenvalue weighted by molar-refractivity contribution is 9.11. The van der Waals surface area contributed by atoms with Gasteiger partial charge >= 0.3 is 0 Å². The van der Waals surface area contributed by atoms with Crippen LogP contribution >= 0.6 is 27.3 Å². The molecule has 0 aromatic carbocycles. The second-order valence-corrected chi connectivity index (χ2v) is 5.06. The lowest BCUT2D eigenvalue weighted by molar-refractivity contribution is -0.116. The second-order valence-electron chi connectivity index (χ2n) is 2.51. The van der Waals surface area contributed by atoms with Crippen LogP contribution in [-0.4, -0.2) is 12.3 Å². The van der Waals surface area contributed by atoms with Crippen molar-refractivity contribution < 1.29 is 4.79 Å². The van der Waals surface area contributed by atoms with Crippen LogP contribution in [0.4, 0.5) is 0 Å². The molecule has 0 unspecified atom stereocenters. The number of Topliss-reactive ketones (excluding diaryl/α,β-unsaturated/α-hetero) is 1. The molecule has 0 saturated heterocycles. The number of rotatable bonds is 4. The molecule has 4 heteroatoms. The molecule has 1 N–H and O–H groups in total. The summed E-state index contributed by atoms with van der Waals surface area (Å²) in [5, 5.41) is 3.05. The molecule has 1 heterocycles. The summed E-state index contributed by atoms with van der Waals surface area (Å²) < 4.78 is 1.13. The van der Waals surface area contributed by atoms with E-state index >= 15 is 0 Å². The molecule has 2 nitrogen and oxygen atoms in total. The fourth-order valence-electron chi connectivity index (χ4n) is 0.808. The first-order chi connectivity index (χ1) is 5.68. The first-order valence-corrected chi connectivity index (χ1v) is 5.24. The maximum atomic E-state index is 10.6. The van der Waals surface area contributed by atoms with Crippen LogP contribution in [0.2, 0.25) is 0 Å². The molecule has 0 aliphatic carbocycles. The van der Waals surface area contributed by atoms with Gasteiger partial charge < -0.3 is 5.32 Å². The minimum Gasteiger partial charge on any atom is -0.305 e. The van der Waals surface area contributed by atoms with Crippen molar-refractivity contribution >= 4 is 33.0 Å². The highest BCUT2D eigenvalue weighted by Crippen LogP contribution is 2.21. The van der Waals surface area contributed by atoms with Crippen LogP contribution in [0.15, 0.2) is 15.9 Å². The van der Waals surface area contributed by atoms with Gasteiger partial charge in [-0.15, -0.1) is 11.3 Å². The van der Waals surface area contributed by atoms with E-state index in [-0.39, 0.29) is 5.78 Å². The normalized spacial score (nSPS) is 10.2. The van der Waals surface area contributed by atoms with Gasteiger partial charge in [-0.1, -0.05) is 0 Å². The lowest BCUT2D eigenvalue weighted by Crippen LogP contribution is -2.19. The van der Waals surface area contributed by atoms with E-state index in [1.54, 1.807) is 18.3 Å². The molecule has 66 valence electrons. The number of hydrogen-bond donors (Lipinski definition) is 1. The van der Waals surface area contributed by atoms with Gasteiger partial charge in [0, 0.05) is 11.4 Å². The molecule has 0 saturated carbocycles. The summed E-state index contributed by atoms with van der Waals surface area (Å²) in [4.78, 5) is 11.8. The van der Waals surface area contributed by atoms with Crippen molar-refractivity contribution in [2.75, 3.05) is 6.54 Å². The SMILES string of the molecule is CC(=O)CNCc1ccc(Br)s1. The summed E-state index contributed by atoms with van der Waals surface area (Å²) in [5.41, 5.74) is 0. The zero-order chi connectivity index (χ0) is 8.97. The molecule has 0 fully saturated rings. The summed E-state index contributed by atoms with van der Waals surface area (Å²) in [6, 6.07) is 4.05. The first kappa shape index (κ1) is 9.89. The number of ketones is 1. The summed E-state index contributed by atoms with van der Waals surface area (Å²) in [6.45, 7) is 2.81. The molecular weight excluding hydrogens is 238 g/mol. The van der Waals surface area contributed by atoms with Gasteiger partial charge in [-0.05, 0) is 35.0 Å². The number of carbonyl (C=O) groups excluding carboxylic acids is 1. The van der Waals surface area contributed by atoms with E-state index in [1.165, 1.54) is 4.88 Å². The van der Waals surface area contributed by atoms with Gasteiger partial charge in [-0.2, -0.15) is 0 Å². The van der Waals surface area contributed by atoms with Crippen LogP contribution in [0.3, 0.4) is 0 Å². The lowest BCUT2D eigenvalue weighted by atomic mass is 10.4. The van der Waals surface area contributed by atoms with Crippen molar-refractivity contribution in [3.8, 4) is 0 Å². The van der Waals surface area contributed by atoms with Gasteiger partial charge in [0.05, 0.1) is 10.3 Å². The molecule has 0 aliphatic rings. The Labute approximate surface area is 84.1 Å². The van der Waals surface area contributed by atoms with E-state index in [0.29, 0.717) is 6.54 Å². The summed E-state index contributed by atoms with van der Waals surface area (Å²) in [7, 11) is 0. The van der Waals surface area contributed by atoms with E-state index in [9.17, 15) is 4.79 Å². The molecule has 0 atom stereocenters. The van der Waals surface area contributed by atoms with Gasteiger partial charge in [0.2, 0.25) is 0 Å². The highest BCUT2D eigenvalue weighted by Gasteiger charge is 1.97. The average Bonchev–Trinajstić information content (AvgIpc) is 2.35. The Balaban J connectivity index is 2.29. The number of thiophene rings is 1. The minimum atomic E-state index is 0.172. The van der Waals surface area contributed by atoms with E-state index in [2.05, 4.69) is 21.2 Å². The van der Waals surface area contributed by atoms with E-state index in [0.717, 1.165) is 10.3 Å². The largest absolute Gasteiger partial charge is 0.305 e. The summed E-state index contributed by atoms with van der Waals surface area (Å²) >= 11 is 5.06.